The molecule has 4 nitrogen and oxygen atoms in total. The van der Waals surface area contributed by atoms with Crippen LogP contribution >= 0.6 is 0 Å². The predicted octanol–water partition coefficient (Wildman–Crippen LogP) is 2.46. The summed E-state index contributed by atoms with van der Waals surface area (Å²) < 4.78 is 31.2. The van der Waals surface area contributed by atoms with Crippen molar-refractivity contribution in [2.75, 3.05) is 17.6 Å². The molecule has 0 amide bonds. The first-order valence-corrected chi connectivity index (χ1v) is 7.20. The molecule has 0 bridgehead atoms. The molecule has 1 aromatic carbocycles. The average Bonchev–Trinajstić information content (AvgIpc) is 2.15. The highest BCUT2D eigenvalue weighted by molar-refractivity contribution is 7.92. The highest BCUT2D eigenvalue weighted by Crippen LogP contribution is 2.30. The van der Waals surface area contributed by atoms with Crippen LogP contribution < -0.4 is 9.46 Å². The predicted molar refractivity (Wildman–Crippen MR) is 70.2 cm³/mol. The van der Waals surface area contributed by atoms with Crippen LogP contribution in [0.1, 0.15) is 24.5 Å². The summed E-state index contributed by atoms with van der Waals surface area (Å²) in [6.45, 7) is 5.64. The van der Waals surface area contributed by atoms with Crippen LogP contribution in [0.2, 0.25) is 0 Å². The first kappa shape index (κ1) is 13.8. The summed E-state index contributed by atoms with van der Waals surface area (Å²) in [6.07, 6.45) is 0.586. The largest absolute Gasteiger partial charge is 0.494 e. The third kappa shape index (κ3) is 3.63. The van der Waals surface area contributed by atoms with Gasteiger partial charge in [0, 0.05) is 0 Å². The summed E-state index contributed by atoms with van der Waals surface area (Å²) in [5, 5.41) is 0. The molecule has 0 aliphatic carbocycles. The summed E-state index contributed by atoms with van der Waals surface area (Å²) in [7, 11) is -1.74. The van der Waals surface area contributed by atoms with Crippen LogP contribution in [0.15, 0.2) is 12.1 Å². The molecule has 0 aromatic heterocycles. The molecule has 0 fully saturated rings. The van der Waals surface area contributed by atoms with E-state index < -0.39 is 10.0 Å². The zero-order valence-electron chi connectivity index (χ0n) is 10.7. The lowest BCUT2D eigenvalue weighted by Gasteiger charge is -2.14. The second-order valence-electron chi connectivity index (χ2n) is 4.08. The Morgan fingerprint density at radius 2 is 1.94 bits per heavy atom. The Morgan fingerprint density at radius 1 is 1.29 bits per heavy atom. The first-order valence-electron chi connectivity index (χ1n) is 5.55. The molecule has 5 heteroatoms. The Labute approximate surface area is 103 Å². The lowest BCUT2D eigenvalue weighted by molar-refractivity contribution is 0.413. The highest BCUT2D eigenvalue weighted by Gasteiger charge is 2.14. The van der Waals surface area contributed by atoms with E-state index in [2.05, 4.69) is 4.72 Å². The molecule has 1 N–H and O–H groups in total. The van der Waals surface area contributed by atoms with E-state index in [0.717, 1.165) is 11.1 Å². The summed E-state index contributed by atoms with van der Waals surface area (Å²) >= 11 is 0. The van der Waals surface area contributed by atoms with Gasteiger partial charge in [-0.3, -0.25) is 4.72 Å². The van der Waals surface area contributed by atoms with Crippen molar-refractivity contribution in [2.24, 2.45) is 0 Å². The number of anilines is 1. The summed E-state index contributed by atoms with van der Waals surface area (Å²) in [5.74, 6) is 0.693. The minimum Gasteiger partial charge on any atom is -0.494 e. The van der Waals surface area contributed by atoms with Gasteiger partial charge >= 0.3 is 0 Å². The molecule has 0 aliphatic rings. The van der Waals surface area contributed by atoms with Crippen LogP contribution in [0.3, 0.4) is 0 Å². The Balaban J connectivity index is 3.14. The number of nitrogens with one attached hydrogen (secondary N) is 1. The molecule has 1 aromatic rings. The van der Waals surface area contributed by atoms with Crippen molar-refractivity contribution in [1.29, 1.82) is 0 Å². The molecule has 0 atom stereocenters. The van der Waals surface area contributed by atoms with Crippen molar-refractivity contribution in [1.82, 2.24) is 0 Å². The highest BCUT2D eigenvalue weighted by atomic mass is 32.2. The fourth-order valence-electron chi connectivity index (χ4n) is 1.79. The van der Waals surface area contributed by atoms with Crippen molar-refractivity contribution in [2.45, 2.75) is 27.2 Å². The van der Waals surface area contributed by atoms with Crippen LogP contribution in [-0.4, -0.2) is 21.3 Å². The SMILES string of the molecule is CCCS(=O)(=O)Nc1cc(C)cc(C)c1OC. The lowest BCUT2D eigenvalue weighted by Crippen LogP contribution is -2.17. The molecular formula is C12H19NO3S. The smallest absolute Gasteiger partial charge is 0.232 e. The third-order valence-corrected chi connectivity index (χ3v) is 3.84. The van der Waals surface area contributed by atoms with E-state index in [1.165, 1.54) is 7.11 Å². The van der Waals surface area contributed by atoms with E-state index in [0.29, 0.717) is 17.9 Å². The normalized spacial score (nSPS) is 11.3. The summed E-state index contributed by atoms with van der Waals surface area (Å²) in [6, 6.07) is 3.73. The van der Waals surface area contributed by atoms with Crippen molar-refractivity contribution < 1.29 is 13.2 Å². The molecule has 0 radical (unpaired) electrons. The fraction of sp³-hybridized carbons (Fsp3) is 0.500. The molecule has 0 aliphatic heterocycles. The van der Waals surface area contributed by atoms with Crippen molar-refractivity contribution >= 4 is 15.7 Å². The number of methoxy groups -OCH3 is 1. The summed E-state index contributed by atoms with van der Waals surface area (Å²) in [5.41, 5.74) is 2.43. The topological polar surface area (TPSA) is 55.4 Å². The first-order chi connectivity index (χ1) is 7.89. The van der Waals surface area contributed by atoms with Crippen LogP contribution in [0.4, 0.5) is 5.69 Å². The number of hydrogen-bond acceptors (Lipinski definition) is 3. The lowest BCUT2D eigenvalue weighted by atomic mass is 10.1. The van der Waals surface area contributed by atoms with Gasteiger partial charge in [0.15, 0.2) is 0 Å². The Kier molecular flexibility index (Phi) is 4.40. The van der Waals surface area contributed by atoms with E-state index in [9.17, 15) is 8.42 Å². The number of ether oxygens (including phenoxy) is 1. The van der Waals surface area contributed by atoms with Gasteiger partial charge in [-0.1, -0.05) is 13.0 Å². The average molecular weight is 257 g/mol. The maximum absolute atomic E-state index is 11.7. The number of aryl methyl sites for hydroxylation is 2. The molecule has 0 heterocycles. The molecule has 96 valence electrons. The van der Waals surface area contributed by atoms with Crippen LogP contribution in [0, 0.1) is 13.8 Å². The Morgan fingerprint density at radius 3 is 2.47 bits per heavy atom. The van der Waals surface area contributed by atoms with Gasteiger partial charge in [0.25, 0.3) is 0 Å². The van der Waals surface area contributed by atoms with Crippen molar-refractivity contribution in [3.63, 3.8) is 0 Å². The third-order valence-electron chi connectivity index (χ3n) is 2.36. The van der Waals surface area contributed by atoms with Crippen LogP contribution in [0.25, 0.3) is 0 Å². The number of hydrogen-bond donors (Lipinski definition) is 1. The van der Waals surface area contributed by atoms with E-state index in [4.69, 9.17) is 4.74 Å². The number of rotatable bonds is 5. The minimum atomic E-state index is -3.28. The van der Waals surface area contributed by atoms with Crippen LogP contribution in [-0.2, 0) is 10.0 Å². The van der Waals surface area contributed by atoms with E-state index in [1.807, 2.05) is 26.8 Å². The van der Waals surface area contributed by atoms with Crippen molar-refractivity contribution in [3.8, 4) is 5.75 Å². The maximum atomic E-state index is 11.7. The molecule has 0 unspecified atom stereocenters. The zero-order valence-corrected chi connectivity index (χ0v) is 11.5. The summed E-state index contributed by atoms with van der Waals surface area (Å²) in [4.78, 5) is 0. The van der Waals surface area contributed by atoms with Gasteiger partial charge in [-0.05, 0) is 37.5 Å². The van der Waals surface area contributed by atoms with Crippen molar-refractivity contribution in [3.05, 3.63) is 23.3 Å². The monoisotopic (exact) mass is 257 g/mol. The molecule has 17 heavy (non-hydrogen) atoms. The van der Waals surface area contributed by atoms with E-state index >= 15 is 0 Å². The molecule has 0 saturated carbocycles. The van der Waals surface area contributed by atoms with Crippen LogP contribution in [0.5, 0.6) is 5.75 Å². The molecule has 0 saturated heterocycles. The molecular weight excluding hydrogens is 238 g/mol. The maximum Gasteiger partial charge on any atom is 0.232 e. The van der Waals surface area contributed by atoms with Gasteiger partial charge in [-0.15, -0.1) is 0 Å². The van der Waals surface area contributed by atoms with Gasteiger partial charge < -0.3 is 4.74 Å². The zero-order chi connectivity index (χ0) is 13.1. The number of benzene rings is 1. The van der Waals surface area contributed by atoms with Gasteiger partial charge in [-0.25, -0.2) is 8.42 Å². The second kappa shape index (κ2) is 5.40. The Bertz CT molecular complexity index is 495. The molecule has 1 rings (SSSR count). The second-order valence-corrected chi connectivity index (χ2v) is 5.93. The molecule has 0 spiro atoms. The quantitative estimate of drug-likeness (QED) is 0.881. The standard InChI is InChI=1S/C12H19NO3S/c1-5-6-17(14,15)13-11-8-9(2)7-10(3)12(11)16-4/h7-8,13H,5-6H2,1-4H3. The van der Waals surface area contributed by atoms with Gasteiger partial charge in [0.05, 0.1) is 18.6 Å². The number of sulfonamides is 1. The Hall–Kier alpha value is -1.23. The fourth-order valence-corrected chi connectivity index (χ4v) is 2.91. The van der Waals surface area contributed by atoms with E-state index in [-0.39, 0.29) is 5.75 Å². The van der Waals surface area contributed by atoms with Gasteiger partial charge in [0.2, 0.25) is 10.0 Å². The van der Waals surface area contributed by atoms with Gasteiger partial charge in [0.1, 0.15) is 5.75 Å². The van der Waals surface area contributed by atoms with E-state index in [1.54, 1.807) is 6.07 Å². The minimum absolute atomic E-state index is 0.114. The van der Waals surface area contributed by atoms with Gasteiger partial charge in [-0.2, -0.15) is 0 Å².